The highest BCUT2D eigenvalue weighted by Crippen LogP contribution is 2.37. The second kappa shape index (κ2) is 6.53. The van der Waals surface area contributed by atoms with E-state index in [4.69, 9.17) is 16.6 Å². The zero-order chi connectivity index (χ0) is 14.0. The van der Waals surface area contributed by atoms with Gasteiger partial charge >= 0.3 is 0 Å². The topological polar surface area (TPSA) is 25.8 Å². The van der Waals surface area contributed by atoms with Gasteiger partial charge in [0.2, 0.25) is 0 Å². The summed E-state index contributed by atoms with van der Waals surface area (Å²) in [6.45, 7) is 6.57. The largest absolute Gasteiger partial charge is 0.236 e. The van der Waals surface area contributed by atoms with Crippen molar-refractivity contribution in [1.82, 2.24) is 9.97 Å². The van der Waals surface area contributed by atoms with Crippen LogP contribution in [0.4, 0.5) is 0 Å². The Morgan fingerprint density at radius 1 is 1.21 bits per heavy atom. The maximum atomic E-state index is 6.24. The van der Waals surface area contributed by atoms with Crippen LogP contribution in [0, 0.1) is 5.92 Å². The summed E-state index contributed by atoms with van der Waals surface area (Å²) in [4.78, 5) is 9.26. The molecule has 0 spiro atoms. The van der Waals surface area contributed by atoms with Gasteiger partial charge in [0.1, 0.15) is 11.0 Å². The Balaban J connectivity index is 2.21. The lowest BCUT2D eigenvalue weighted by atomic mass is 9.80. The zero-order valence-electron chi connectivity index (χ0n) is 11.9. The van der Waals surface area contributed by atoms with E-state index in [1.165, 1.54) is 32.1 Å². The molecule has 0 saturated heterocycles. The number of hydrogen-bond acceptors (Lipinski definition) is 2. The van der Waals surface area contributed by atoms with Gasteiger partial charge in [0.05, 0.1) is 10.2 Å². The van der Waals surface area contributed by atoms with Gasteiger partial charge in [-0.15, -0.1) is 0 Å². The highest BCUT2D eigenvalue weighted by atomic mass is 79.9. The Bertz CT molecular complexity index is 440. The van der Waals surface area contributed by atoms with Crippen molar-refractivity contribution >= 4 is 27.5 Å². The van der Waals surface area contributed by atoms with Crippen LogP contribution in [0.2, 0.25) is 5.15 Å². The number of aromatic nitrogens is 2. The van der Waals surface area contributed by atoms with Crippen molar-refractivity contribution < 1.29 is 0 Å². The third kappa shape index (κ3) is 3.49. The number of nitrogens with zero attached hydrogens (tertiary/aromatic N) is 2. The summed E-state index contributed by atoms with van der Waals surface area (Å²) < 4.78 is 0.857. The maximum absolute atomic E-state index is 6.24. The monoisotopic (exact) mass is 344 g/mol. The molecule has 4 heteroatoms. The molecule has 1 saturated carbocycles. The smallest absolute Gasteiger partial charge is 0.147 e. The first-order valence-electron chi connectivity index (χ1n) is 7.25. The van der Waals surface area contributed by atoms with Gasteiger partial charge in [0.15, 0.2) is 0 Å². The lowest BCUT2D eigenvalue weighted by Gasteiger charge is -2.27. The Morgan fingerprint density at radius 2 is 1.84 bits per heavy atom. The van der Waals surface area contributed by atoms with E-state index in [-0.39, 0.29) is 0 Å². The fourth-order valence-electron chi connectivity index (χ4n) is 2.85. The first-order chi connectivity index (χ1) is 9.02. The van der Waals surface area contributed by atoms with Gasteiger partial charge in [-0.3, -0.25) is 0 Å². The van der Waals surface area contributed by atoms with E-state index in [1.54, 1.807) is 0 Å². The van der Waals surface area contributed by atoms with Crippen LogP contribution in [0.1, 0.15) is 76.2 Å². The lowest BCUT2D eigenvalue weighted by molar-refractivity contribution is 0.311. The van der Waals surface area contributed by atoms with Gasteiger partial charge in [-0.05, 0) is 53.4 Å². The second-order valence-electron chi connectivity index (χ2n) is 5.85. The van der Waals surface area contributed by atoms with E-state index in [0.717, 1.165) is 21.9 Å². The van der Waals surface area contributed by atoms with E-state index in [1.807, 2.05) is 0 Å². The van der Waals surface area contributed by atoms with Gasteiger partial charge in [0.25, 0.3) is 0 Å². The molecule has 1 fully saturated rings. The third-order valence-electron chi connectivity index (χ3n) is 4.19. The van der Waals surface area contributed by atoms with E-state index in [2.05, 4.69) is 41.7 Å². The summed E-state index contributed by atoms with van der Waals surface area (Å²) in [6, 6.07) is 0. The lowest BCUT2D eigenvalue weighted by Crippen LogP contribution is -2.16. The standard InChI is InChI=1S/C15H22BrClN2/c1-4-10-5-7-11(8-6-10)15-18-13(9(2)3)12(16)14(17)19-15/h9-11H,4-8H2,1-3H3. The van der Waals surface area contributed by atoms with Crippen molar-refractivity contribution in [2.24, 2.45) is 5.92 Å². The van der Waals surface area contributed by atoms with Crippen molar-refractivity contribution in [3.63, 3.8) is 0 Å². The molecule has 1 aliphatic carbocycles. The molecule has 0 aliphatic heterocycles. The summed E-state index contributed by atoms with van der Waals surface area (Å²) >= 11 is 9.74. The van der Waals surface area contributed by atoms with Crippen LogP contribution < -0.4 is 0 Å². The van der Waals surface area contributed by atoms with Gasteiger partial charge < -0.3 is 0 Å². The normalized spacial score (nSPS) is 23.9. The number of halogens is 2. The Labute approximate surface area is 129 Å². The molecular weight excluding hydrogens is 324 g/mol. The van der Waals surface area contributed by atoms with Crippen LogP contribution in [-0.2, 0) is 0 Å². The van der Waals surface area contributed by atoms with Crippen LogP contribution in [-0.4, -0.2) is 9.97 Å². The average molecular weight is 346 g/mol. The predicted octanol–water partition coefficient (Wildman–Crippen LogP) is 5.70. The molecule has 0 amide bonds. The van der Waals surface area contributed by atoms with E-state index in [9.17, 15) is 0 Å². The average Bonchev–Trinajstić information content (AvgIpc) is 2.41. The molecule has 1 heterocycles. The highest BCUT2D eigenvalue weighted by molar-refractivity contribution is 9.10. The first-order valence-corrected chi connectivity index (χ1v) is 8.42. The van der Waals surface area contributed by atoms with Crippen LogP contribution in [0.15, 0.2) is 4.47 Å². The molecular formula is C15H22BrClN2. The zero-order valence-corrected chi connectivity index (χ0v) is 14.3. The fraction of sp³-hybridized carbons (Fsp3) is 0.733. The number of rotatable bonds is 3. The van der Waals surface area contributed by atoms with Crippen LogP contribution in [0.25, 0.3) is 0 Å². The molecule has 2 rings (SSSR count). The summed E-state index contributed by atoms with van der Waals surface area (Å²) in [5, 5.41) is 0.561. The van der Waals surface area contributed by atoms with Gasteiger partial charge in [0, 0.05) is 5.92 Å². The minimum Gasteiger partial charge on any atom is -0.236 e. The molecule has 106 valence electrons. The molecule has 0 radical (unpaired) electrons. The van der Waals surface area contributed by atoms with E-state index < -0.39 is 0 Å². The maximum Gasteiger partial charge on any atom is 0.147 e. The summed E-state index contributed by atoms with van der Waals surface area (Å²) in [5.41, 5.74) is 1.03. The molecule has 0 N–H and O–H groups in total. The minimum atomic E-state index is 0.362. The van der Waals surface area contributed by atoms with Gasteiger partial charge in [-0.1, -0.05) is 38.8 Å². The van der Waals surface area contributed by atoms with Crippen molar-refractivity contribution in [3.05, 3.63) is 21.1 Å². The summed E-state index contributed by atoms with van der Waals surface area (Å²) in [7, 11) is 0. The first kappa shape index (κ1) is 15.2. The molecule has 0 atom stereocenters. The van der Waals surface area contributed by atoms with Crippen LogP contribution >= 0.6 is 27.5 Å². The highest BCUT2D eigenvalue weighted by Gasteiger charge is 2.25. The van der Waals surface area contributed by atoms with Gasteiger partial charge in [-0.2, -0.15) is 0 Å². The van der Waals surface area contributed by atoms with Crippen molar-refractivity contribution in [3.8, 4) is 0 Å². The molecule has 2 nitrogen and oxygen atoms in total. The number of hydrogen-bond donors (Lipinski definition) is 0. The van der Waals surface area contributed by atoms with Crippen molar-refractivity contribution in [1.29, 1.82) is 0 Å². The minimum absolute atomic E-state index is 0.362. The predicted molar refractivity (Wildman–Crippen MR) is 83.8 cm³/mol. The summed E-state index contributed by atoms with van der Waals surface area (Å²) in [5.74, 6) is 2.70. The quantitative estimate of drug-likeness (QED) is 0.657. The molecule has 19 heavy (non-hydrogen) atoms. The Morgan fingerprint density at radius 3 is 2.37 bits per heavy atom. The van der Waals surface area contributed by atoms with E-state index >= 15 is 0 Å². The van der Waals surface area contributed by atoms with Crippen molar-refractivity contribution in [2.75, 3.05) is 0 Å². The van der Waals surface area contributed by atoms with Crippen LogP contribution in [0.5, 0.6) is 0 Å². The SMILES string of the molecule is CCC1CCC(c2nc(Cl)c(Br)c(C(C)C)n2)CC1. The van der Waals surface area contributed by atoms with Gasteiger partial charge in [-0.25, -0.2) is 9.97 Å². The molecule has 1 aromatic rings. The summed E-state index contributed by atoms with van der Waals surface area (Å²) in [6.07, 6.45) is 6.30. The van der Waals surface area contributed by atoms with Crippen LogP contribution in [0.3, 0.4) is 0 Å². The molecule has 0 bridgehead atoms. The third-order valence-corrected chi connectivity index (χ3v) is 5.47. The molecule has 0 unspecified atom stereocenters. The molecule has 1 aromatic heterocycles. The Kier molecular flexibility index (Phi) is 5.24. The molecule has 1 aliphatic rings. The Hall–Kier alpha value is -0.150. The van der Waals surface area contributed by atoms with Crippen molar-refractivity contribution in [2.45, 2.75) is 64.7 Å². The van der Waals surface area contributed by atoms with E-state index in [0.29, 0.717) is 17.0 Å². The fourth-order valence-corrected chi connectivity index (χ4v) is 3.67. The molecule has 0 aromatic carbocycles. The second-order valence-corrected chi connectivity index (χ2v) is 7.00.